The maximum absolute atomic E-state index is 13.0. The smallest absolute Gasteiger partial charge is 0.246 e. The maximum Gasteiger partial charge on any atom is 0.246 e. The topological polar surface area (TPSA) is 61.8 Å². The summed E-state index contributed by atoms with van der Waals surface area (Å²) in [5, 5.41) is 12.8. The van der Waals surface area contributed by atoms with Crippen molar-refractivity contribution in [3.63, 3.8) is 0 Å². The number of hydrogen-bond acceptors (Lipinski definition) is 4. The number of nitrogens with one attached hydrogen (secondary N) is 1. The number of aliphatic hydroxyl groups is 1. The molecule has 132 valence electrons. The molecule has 1 atom stereocenters. The Morgan fingerprint density at radius 1 is 1.16 bits per heavy atom. The molecule has 0 aromatic heterocycles. The first-order chi connectivity index (χ1) is 12.2. The molecule has 5 heteroatoms. The molecule has 1 fully saturated rings. The SMILES string of the molecule is COc1cccc(NC(=O)C(c2ccccc2)N2CCC(O)CC2)c1. The minimum Gasteiger partial charge on any atom is -0.497 e. The molecule has 0 aliphatic carbocycles. The van der Waals surface area contributed by atoms with Crippen molar-refractivity contribution in [2.24, 2.45) is 0 Å². The van der Waals surface area contributed by atoms with Gasteiger partial charge in [0.1, 0.15) is 11.8 Å². The Balaban J connectivity index is 1.82. The average Bonchev–Trinajstić information content (AvgIpc) is 2.64. The Morgan fingerprint density at radius 3 is 2.56 bits per heavy atom. The maximum atomic E-state index is 13.0. The minimum atomic E-state index is -0.375. The van der Waals surface area contributed by atoms with Crippen LogP contribution in [0, 0.1) is 0 Å². The van der Waals surface area contributed by atoms with Gasteiger partial charge in [-0.1, -0.05) is 36.4 Å². The van der Waals surface area contributed by atoms with E-state index < -0.39 is 0 Å². The van der Waals surface area contributed by atoms with Gasteiger partial charge in [-0.25, -0.2) is 0 Å². The first-order valence-corrected chi connectivity index (χ1v) is 8.59. The van der Waals surface area contributed by atoms with Crippen LogP contribution < -0.4 is 10.1 Å². The fourth-order valence-corrected chi connectivity index (χ4v) is 3.22. The second-order valence-corrected chi connectivity index (χ2v) is 6.30. The third-order valence-electron chi connectivity index (χ3n) is 4.57. The van der Waals surface area contributed by atoms with Gasteiger partial charge in [-0.3, -0.25) is 9.69 Å². The second kappa shape index (κ2) is 8.14. The highest BCUT2D eigenvalue weighted by Gasteiger charge is 2.30. The van der Waals surface area contributed by atoms with Crippen molar-refractivity contribution in [3.05, 3.63) is 60.2 Å². The number of carbonyl (C=O) groups is 1. The molecule has 5 nitrogen and oxygen atoms in total. The number of anilines is 1. The van der Waals surface area contributed by atoms with Gasteiger partial charge in [-0.05, 0) is 30.5 Å². The zero-order valence-corrected chi connectivity index (χ0v) is 14.4. The van der Waals surface area contributed by atoms with Crippen molar-refractivity contribution in [2.45, 2.75) is 25.0 Å². The van der Waals surface area contributed by atoms with E-state index >= 15 is 0 Å². The van der Waals surface area contributed by atoms with E-state index in [0.717, 1.165) is 5.56 Å². The Bertz CT molecular complexity index is 697. The number of piperidine rings is 1. The van der Waals surface area contributed by atoms with Gasteiger partial charge in [0.15, 0.2) is 0 Å². The van der Waals surface area contributed by atoms with Crippen LogP contribution in [0.2, 0.25) is 0 Å². The first kappa shape index (κ1) is 17.5. The van der Waals surface area contributed by atoms with E-state index in [0.29, 0.717) is 37.4 Å². The normalized spacial score (nSPS) is 17.0. The van der Waals surface area contributed by atoms with Crippen LogP contribution in [0.4, 0.5) is 5.69 Å². The van der Waals surface area contributed by atoms with E-state index in [1.54, 1.807) is 13.2 Å². The average molecular weight is 340 g/mol. The van der Waals surface area contributed by atoms with Gasteiger partial charge in [-0.2, -0.15) is 0 Å². The molecule has 1 unspecified atom stereocenters. The summed E-state index contributed by atoms with van der Waals surface area (Å²) in [6.07, 6.45) is 1.11. The first-order valence-electron chi connectivity index (χ1n) is 8.59. The van der Waals surface area contributed by atoms with Gasteiger partial charge >= 0.3 is 0 Å². The zero-order valence-electron chi connectivity index (χ0n) is 14.4. The number of carbonyl (C=O) groups excluding carboxylic acids is 1. The summed E-state index contributed by atoms with van der Waals surface area (Å²) in [4.78, 5) is 15.2. The fraction of sp³-hybridized carbons (Fsp3) is 0.350. The molecular formula is C20H24N2O3. The van der Waals surface area contributed by atoms with Crippen LogP contribution in [-0.4, -0.2) is 42.2 Å². The third-order valence-corrected chi connectivity index (χ3v) is 4.57. The highest BCUT2D eigenvalue weighted by Crippen LogP contribution is 2.27. The highest BCUT2D eigenvalue weighted by atomic mass is 16.5. The van der Waals surface area contributed by atoms with Gasteiger partial charge in [-0.15, -0.1) is 0 Å². The number of rotatable bonds is 5. The number of methoxy groups -OCH3 is 1. The lowest BCUT2D eigenvalue weighted by Gasteiger charge is -2.35. The quantitative estimate of drug-likeness (QED) is 0.879. The van der Waals surface area contributed by atoms with Crippen molar-refractivity contribution in [2.75, 3.05) is 25.5 Å². The molecule has 2 aromatic rings. The van der Waals surface area contributed by atoms with E-state index in [2.05, 4.69) is 10.2 Å². The number of benzene rings is 2. The van der Waals surface area contributed by atoms with E-state index in [1.165, 1.54) is 0 Å². The molecule has 25 heavy (non-hydrogen) atoms. The van der Waals surface area contributed by atoms with Crippen LogP contribution in [0.15, 0.2) is 54.6 Å². The lowest BCUT2D eigenvalue weighted by Crippen LogP contribution is -2.43. The van der Waals surface area contributed by atoms with E-state index in [1.807, 2.05) is 48.5 Å². The minimum absolute atomic E-state index is 0.0733. The summed E-state index contributed by atoms with van der Waals surface area (Å²) in [5.74, 6) is 0.631. The molecule has 1 amide bonds. The summed E-state index contributed by atoms with van der Waals surface area (Å²) in [7, 11) is 1.60. The van der Waals surface area contributed by atoms with Gasteiger partial charge in [0.25, 0.3) is 0 Å². The zero-order chi connectivity index (χ0) is 17.6. The molecule has 1 aliphatic heterocycles. The molecule has 0 saturated carbocycles. The van der Waals surface area contributed by atoms with Crippen molar-refractivity contribution in [3.8, 4) is 5.75 Å². The number of likely N-dealkylation sites (tertiary alicyclic amines) is 1. The monoisotopic (exact) mass is 340 g/mol. The number of aliphatic hydroxyl groups excluding tert-OH is 1. The predicted octanol–water partition coefficient (Wildman–Crippen LogP) is 2.83. The largest absolute Gasteiger partial charge is 0.497 e. The highest BCUT2D eigenvalue weighted by molar-refractivity contribution is 5.95. The lowest BCUT2D eigenvalue weighted by molar-refractivity contribution is -0.122. The number of nitrogens with zero attached hydrogens (tertiary/aromatic N) is 1. The Kier molecular flexibility index (Phi) is 5.68. The van der Waals surface area contributed by atoms with Crippen LogP contribution in [0.25, 0.3) is 0 Å². The van der Waals surface area contributed by atoms with Gasteiger partial charge < -0.3 is 15.2 Å². The molecule has 0 bridgehead atoms. The summed E-state index contributed by atoms with van der Waals surface area (Å²) in [5.41, 5.74) is 1.67. The molecule has 1 aliphatic rings. The molecule has 0 spiro atoms. The molecule has 0 radical (unpaired) electrons. The summed E-state index contributed by atoms with van der Waals surface area (Å²) < 4.78 is 5.22. The van der Waals surface area contributed by atoms with Crippen molar-refractivity contribution < 1.29 is 14.6 Å². The van der Waals surface area contributed by atoms with Crippen LogP contribution in [0.3, 0.4) is 0 Å². The lowest BCUT2D eigenvalue weighted by atomic mass is 9.99. The van der Waals surface area contributed by atoms with Crippen LogP contribution in [0.1, 0.15) is 24.4 Å². The van der Waals surface area contributed by atoms with Crippen molar-refractivity contribution in [1.29, 1.82) is 0 Å². The van der Waals surface area contributed by atoms with Gasteiger partial charge in [0, 0.05) is 24.8 Å². The summed E-state index contributed by atoms with van der Waals surface area (Å²) in [6.45, 7) is 1.40. The molecular weight excluding hydrogens is 316 g/mol. The molecule has 1 heterocycles. The fourth-order valence-electron chi connectivity index (χ4n) is 3.22. The summed E-state index contributed by atoms with van der Waals surface area (Å²) >= 11 is 0. The van der Waals surface area contributed by atoms with E-state index in [-0.39, 0.29) is 18.1 Å². The number of hydrogen-bond donors (Lipinski definition) is 2. The Morgan fingerprint density at radius 2 is 1.88 bits per heavy atom. The Labute approximate surface area is 148 Å². The van der Waals surface area contributed by atoms with Crippen molar-refractivity contribution in [1.82, 2.24) is 4.90 Å². The van der Waals surface area contributed by atoms with Gasteiger partial charge in [0.05, 0.1) is 13.2 Å². The molecule has 3 rings (SSSR count). The van der Waals surface area contributed by atoms with Crippen LogP contribution in [-0.2, 0) is 4.79 Å². The molecule has 2 N–H and O–H groups in total. The van der Waals surface area contributed by atoms with E-state index in [9.17, 15) is 9.90 Å². The number of amides is 1. The van der Waals surface area contributed by atoms with Crippen LogP contribution in [0.5, 0.6) is 5.75 Å². The van der Waals surface area contributed by atoms with Crippen LogP contribution >= 0.6 is 0 Å². The standard InChI is InChI=1S/C20H24N2O3/c1-25-18-9-5-8-16(14-18)21-20(24)19(15-6-3-2-4-7-15)22-12-10-17(23)11-13-22/h2-9,14,17,19,23H,10-13H2,1H3,(H,21,24). The predicted molar refractivity (Wildman–Crippen MR) is 97.6 cm³/mol. The van der Waals surface area contributed by atoms with Crippen molar-refractivity contribution >= 4 is 11.6 Å². The van der Waals surface area contributed by atoms with E-state index in [4.69, 9.17) is 4.74 Å². The molecule has 2 aromatic carbocycles. The Hall–Kier alpha value is -2.37. The summed E-state index contributed by atoms with van der Waals surface area (Å²) in [6, 6.07) is 16.8. The van der Waals surface area contributed by atoms with Gasteiger partial charge in [0.2, 0.25) is 5.91 Å². The molecule has 1 saturated heterocycles. The number of ether oxygens (including phenoxy) is 1. The third kappa shape index (κ3) is 4.38. The second-order valence-electron chi connectivity index (χ2n) is 6.30.